The zero-order valence-corrected chi connectivity index (χ0v) is 17.2. The third kappa shape index (κ3) is 6.50. The second-order valence-electron chi connectivity index (χ2n) is 5.82. The molecule has 0 aliphatic rings. The van der Waals surface area contributed by atoms with E-state index in [0.29, 0.717) is 25.3 Å². The zero-order chi connectivity index (χ0) is 20.6. The van der Waals surface area contributed by atoms with E-state index in [2.05, 4.69) is 24.7 Å². The highest BCUT2D eigenvalue weighted by atomic mass is 35.5. The molecule has 28 heavy (non-hydrogen) atoms. The maximum atomic E-state index is 14.4. The summed E-state index contributed by atoms with van der Waals surface area (Å²) in [5, 5.41) is 15.2. The lowest BCUT2D eigenvalue weighted by Crippen LogP contribution is -2.39. The molecule has 9 nitrogen and oxygen atoms in total. The molecule has 0 radical (unpaired) electrons. The van der Waals surface area contributed by atoms with Crippen molar-refractivity contribution in [3.63, 3.8) is 0 Å². The molecule has 6 N–H and O–H groups in total. The molecule has 1 aromatic carbocycles. The molecule has 0 aliphatic carbocycles. The molecule has 0 aliphatic heterocycles. The first-order chi connectivity index (χ1) is 13.4. The number of nitrogens with two attached hydrogens (primary N) is 1. The van der Waals surface area contributed by atoms with Gasteiger partial charge < -0.3 is 21.5 Å². The first-order valence-electron chi connectivity index (χ1n) is 8.44. The number of unbranched alkanes of at least 4 members (excludes halogenated alkanes) is 1. The number of anilines is 2. The number of aliphatic hydroxyl groups excluding tert-OH is 1. The Kier molecular flexibility index (Phi) is 8.79. The van der Waals surface area contributed by atoms with E-state index in [-0.39, 0.29) is 22.8 Å². The first kappa shape index (κ1) is 22.7. The van der Waals surface area contributed by atoms with Gasteiger partial charge in [0.2, 0.25) is 5.13 Å². The molecule has 1 heterocycles. The molecule has 0 fully saturated rings. The first-order valence-corrected chi connectivity index (χ1v) is 11.1. The van der Waals surface area contributed by atoms with Gasteiger partial charge in [-0.2, -0.15) is 4.37 Å². The van der Waals surface area contributed by atoms with E-state index >= 15 is 0 Å². The average Bonchev–Trinajstić information content (AvgIpc) is 3.15. The van der Waals surface area contributed by atoms with Crippen molar-refractivity contribution < 1.29 is 17.9 Å². The molecular weight excluding hydrogens is 431 g/mol. The van der Waals surface area contributed by atoms with Gasteiger partial charge in [-0.1, -0.05) is 11.6 Å². The molecule has 0 amide bonds. The number of aromatic nitrogens is 2. The summed E-state index contributed by atoms with van der Waals surface area (Å²) < 4.78 is 44.8. The van der Waals surface area contributed by atoms with E-state index in [1.54, 1.807) is 0 Å². The van der Waals surface area contributed by atoms with Crippen LogP contribution in [0.15, 0.2) is 23.4 Å². The van der Waals surface area contributed by atoms with Crippen molar-refractivity contribution in [3.05, 3.63) is 29.3 Å². The highest BCUT2D eigenvalue weighted by molar-refractivity contribution is 7.93. The predicted molar refractivity (Wildman–Crippen MR) is 108 cm³/mol. The minimum Gasteiger partial charge on any atom is -0.395 e. The standard InChI is InChI=1S/C15H22ClFN6O3S2/c16-11-5-14(28(25,26)23-15-21-9-22-27-15)12(17)6-13(11)20-4-2-1-3-19-10(7-18)8-24/h5-6,9-10,19-20,24H,1-4,7-8,18H2,(H,21,22,23)/t10-/m0/s1. The van der Waals surface area contributed by atoms with Crippen LogP contribution in [0.4, 0.5) is 15.2 Å². The average molecular weight is 453 g/mol. The normalized spacial score (nSPS) is 12.7. The minimum absolute atomic E-state index is 0.0210. The molecule has 1 atom stereocenters. The van der Waals surface area contributed by atoms with E-state index in [9.17, 15) is 12.8 Å². The van der Waals surface area contributed by atoms with Crippen LogP contribution in [0.2, 0.25) is 5.02 Å². The minimum atomic E-state index is -4.17. The number of aliphatic hydroxyl groups is 1. The zero-order valence-electron chi connectivity index (χ0n) is 14.9. The van der Waals surface area contributed by atoms with E-state index < -0.39 is 20.7 Å². The summed E-state index contributed by atoms with van der Waals surface area (Å²) in [6.07, 6.45) is 2.75. The molecule has 0 saturated carbocycles. The van der Waals surface area contributed by atoms with Gasteiger partial charge in [-0.15, -0.1) is 0 Å². The van der Waals surface area contributed by atoms with Crippen LogP contribution in [0, 0.1) is 5.82 Å². The number of hydrogen-bond acceptors (Lipinski definition) is 9. The van der Waals surface area contributed by atoms with Crippen LogP contribution < -0.4 is 21.1 Å². The SMILES string of the molecule is NC[C@@H](CO)NCCCCNc1cc(F)c(S(=O)(=O)Nc2ncns2)cc1Cl. The van der Waals surface area contributed by atoms with Gasteiger partial charge in [0, 0.05) is 30.7 Å². The molecule has 1 aromatic heterocycles. The molecule has 13 heteroatoms. The predicted octanol–water partition coefficient (Wildman–Crippen LogP) is 1.23. The van der Waals surface area contributed by atoms with Crippen molar-refractivity contribution in [2.24, 2.45) is 5.73 Å². The number of sulfonamides is 1. The Labute approximate surface area is 171 Å². The topological polar surface area (TPSA) is 142 Å². The third-order valence-electron chi connectivity index (χ3n) is 3.75. The second-order valence-corrected chi connectivity index (χ2v) is 8.66. The van der Waals surface area contributed by atoms with Gasteiger partial charge in [-0.3, -0.25) is 4.72 Å². The molecule has 156 valence electrons. The number of nitrogens with one attached hydrogen (secondary N) is 3. The van der Waals surface area contributed by atoms with Gasteiger partial charge in [0.05, 0.1) is 17.3 Å². The Morgan fingerprint density at radius 1 is 1.32 bits per heavy atom. The van der Waals surface area contributed by atoms with Gasteiger partial charge >= 0.3 is 0 Å². The summed E-state index contributed by atoms with van der Waals surface area (Å²) in [5.74, 6) is -0.931. The van der Waals surface area contributed by atoms with E-state index in [4.69, 9.17) is 22.4 Å². The quantitative estimate of drug-likeness (QED) is 0.303. The van der Waals surface area contributed by atoms with Gasteiger partial charge in [-0.25, -0.2) is 17.8 Å². The fourth-order valence-corrected chi connectivity index (χ4v) is 4.30. The summed E-state index contributed by atoms with van der Waals surface area (Å²) >= 11 is 6.94. The lowest BCUT2D eigenvalue weighted by molar-refractivity contribution is 0.245. The van der Waals surface area contributed by atoms with Gasteiger partial charge in [-0.05, 0) is 31.5 Å². The van der Waals surface area contributed by atoms with Crippen molar-refractivity contribution in [2.45, 2.75) is 23.8 Å². The lowest BCUT2D eigenvalue weighted by Gasteiger charge is -2.14. The summed E-state index contributed by atoms with van der Waals surface area (Å²) in [5.41, 5.74) is 5.78. The lowest BCUT2D eigenvalue weighted by atomic mass is 10.2. The van der Waals surface area contributed by atoms with E-state index in [1.807, 2.05) is 0 Å². The Bertz CT molecular complexity index is 850. The van der Waals surface area contributed by atoms with Crippen LogP contribution in [-0.2, 0) is 10.0 Å². The number of rotatable bonds is 12. The number of halogens is 2. The van der Waals surface area contributed by atoms with Crippen molar-refractivity contribution in [2.75, 3.05) is 36.3 Å². The monoisotopic (exact) mass is 452 g/mol. The number of hydrogen-bond donors (Lipinski definition) is 5. The van der Waals surface area contributed by atoms with Crippen LogP contribution in [0.3, 0.4) is 0 Å². The van der Waals surface area contributed by atoms with Gasteiger partial charge in [0.1, 0.15) is 17.0 Å². The smallest absolute Gasteiger partial charge is 0.266 e. The fraction of sp³-hybridized carbons (Fsp3) is 0.467. The molecule has 2 rings (SSSR count). The fourth-order valence-electron chi connectivity index (χ4n) is 2.26. The van der Waals surface area contributed by atoms with Crippen LogP contribution >= 0.6 is 23.1 Å². The molecule has 2 aromatic rings. The van der Waals surface area contributed by atoms with Crippen LogP contribution in [0.25, 0.3) is 0 Å². The Hall–Kier alpha value is -1.57. The molecule has 0 saturated heterocycles. The summed E-state index contributed by atoms with van der Waals surface area (Å²) in [7, 11) is -4.17. The second kappa shape index (κ2) is 10.8. The van der Waals surface area contributed by atoms with Crippen LogP contribution in [0.1, 0.15) is 12.8 Å². The molecule has 0 unspecified atom stereocenters. The van der Waals surface area contributed by atoms with Crippen LogP contribution in [0.5, 0.6) is 0 Å². The summed E-state index contributed by atoms with van der Waals surface area (Å²) in [6, 6.07) is 1.97. The largest absolute Gasteiger partial charge is 0.395 e. The van der Waals surface area contributed by atoms with Gasteiger partial charge in [0.25, 0.3) is 10.0 Å². The van der Waals surface area contributed by atoms with Crippen molar-refractivity contribution in [3.8, 4) is 0 Å². The maximum Gasteiger partial charge on any atom is 0.266 e. The van der Waals surface area contributed by atoms with Crippen molar-refractivity contribution in [1.82, 2.24) is 14.7 Å². The summed E-state index contributed by atoms with van der Waals surface area (Å²) in [4.78, 5) is 3.14. The third-order valence-corrected chi connectivity index (χ3v) is 6.13. The highest BCUT2D eigenvalue weighted by Gasteiger charge is 2.22. The van der Waals surface area contributed by atoms with Crippen LogP contribution in [-0.4, -0.2) is 55.2 Å². The highest BCUT2D eigenvalue weighted by Crippen LogP contribution is 2.29. The van der Waals surface area contributed by atoms with Gasteiger partial charge in [0.15, 0.2) is 0 Å². The van der Waals surface area contributed by atoms with Crippen molar-refractivity contribution in [1.29, 1.82) is 0 Å². The van der Waals surface area contributed by atoms with Crippen molar-refractivity contribution >= 4 is 44.0 Å². The Balaban J connectivity index is 1.91. The Morgan fingerprint density at radius 2 is 2.07 bits per heavy atom. The molecular formula is C15H22ClFN6O3S2. The Morgan fingerprint density at radius 3 is 2.71 bits per heavy atom. The summed E-state index contributed by atoms with van der Waals surface area (Å²) in [6.45, 7) is 1.53. The molecule has 0 bridgehead atoms. The van der Waals surface area contributed by atoms with E-state index in [1.165, 1.54) is 6.33 Å². The molecule has 0 spiro atoms. The number of nitrogens with zero attached hydrogens (tertiary/aromatic N) is 2. The van der Waals surface area contributed by atoms with E-state index in [0.717, 1.165) is 36.5 Å². The maximum absolute atomic E-state index is 14.4. The number of benzene rings is 1.